The number of fused-ring (bicyclic) bond motifs is 5. The molecule has 0 spiro atoms. The van der Waals surface area contributed by atoms with Crippen LogP contribution in [-0.4, -0.2) is 17.5 Å². The van der Waals surface area contributed by atoms with E-state index in [0.29, 0.717) is 30.1 Å². The molecule has 0 bridgehead atoms. The minimum Gasteiger partial charge on any atom is -0.396 e. The highest BCUT2D eigenvalue weighted by Crippen LogP contribution is 2.60. The molecule has 0 unspecified atom stereocenters. The standard InChI is InChI=1S/C18H24O2/c19-11-18-8-1-2-17(18)16-5-3-12-10-13(20)4-6-14(12)15(16)7-9-18/h3,5,10,14-17,19H,1-2,4,6-9,11H2/t14-,15+,16+,17-,18-/m0/s1. The second-order valence-corrected chi connectivity index (χ2v) is 7.41. The Kier molecular flexibility index (Phi) is 2.92. The lowest BCUT2D eigenvalue weighted by Gasteiger charge is -2.51. The SMILES string of the molecule is O=C1C=C2C=C[C@@H]3[C@H](CC[C@]4(CO)CCC[C@@H]34)[C@H]2CC1. The summed E-state index contributed by atoms with van der Waals surface area (Å²) in [4.78, 5) is 11.6. The number of rotatable bonds is 1. The van der Waals surface area contributed by atoms with E-state index in [1.165, 1.54) is 37.7 Å². The highest BCUT2D eigenvalue weighted by atomic mass is 16.3. The summed E-state index contributed by atoms with van der Waals surface area (Å²) in [5.41, 5.74) is 1.51. The fourth-order valence-electron chi connectivity index (χ4n) is 5.73. The Hall–Kier alpha value is -0.890. The highest BCUT2D eigenvalue weighted by Gasteiger charge is 2.53. The Labute approximate surface area is 120 Å². The summed E-state index contributed by atoms with van der Waals surface area (Å²) in [6.07, 6.45) is 14.5. The number of aliphatic hydroxyl groups excluding tert-OH is 1. The van der Waals surface area contributed by atoms with E-state index in [2.05, 4.69) is 12.2 Å². The molecule has 4 rings (SSSR count). The molecule has 0 radical (unpaired) electrons. The second-order valence-electron chi connectivity index (χ2n) is 7.41. The third-order valence-corrected chi connectivity index (χ3v) is 6.71. The molecule has 0 aromatic rings. The van der Waals surface area contributed by atoms with Crippen LogP contribution in [-0.2, 0) is 4.79 Å². The maximum Gasteiger partial charge on any atom is 0.155 e. The van der Waals surface area contributed by atoms with Crippen LogP contribution in [0.15, 0.2) is 23.8 Å². The highest BCUT2D eigenvalue weighted by molar-refractivity contribution is 5.91. The monoisotopic (exact) mass is 272 g/mol. The quantitative estimate of drug-likeness (QED) is 0.795. The molecule has 0 aliphatic heterocycles. The van der Waals surface area contributed by atoms with E-state index in [4.69, 9.17) is 0 Å². The molecule has 4 aliphatic carbocycles. The third kappa shape index (κ3) is 1.70. The number of aliphatic hydroxyl groups is 1. The average Bonchev–Trinajstić information content (AvgIpc) is 2.91. The summed E-state index contributed by atoms with van der Waals surface area (Å²) in [7, 11) is 0. The lowest BCUT2D eigenvalue weighted by atomic mass is 9.54. The smallest absolute Gasteiger partial charge is 0.155 e. The third-order valence-electron chi connectivity index (χ3n) is 6.71. The Morgan fingerprint density at radius 1 is 1.25 bits per heavy atom. The van der Waals surface area contributed by atoms with Gasteiger partial charge in [0.2, 0.25) is 0 Å². The topological polar surface area (TPSA) is 37.3 Å². The van der Waals surface area contributed by atoms with Gasteiger partial charge in [-0.2, -0.15) is 0 Å². The Morgan fingerprint density at radius 2 is 2.15 bits per heavy atom. The van der Waals surface area contributed by atoms with Crippen molar-refractivity contribution >= 4 is 5.78 Å². The van der Waals surface area contributed by atoms with Crippen molar-refractivity contribution in [3.8, 4) is 0 Å². The second kappa shape index (κ2) is 4.56. The predicted octanol–water partition coefficient (Wildman–Crippen LogP) is 3.27. The van der Waals surface area contributed by atoms with Gasteiger partial charge in [0.15, 0.2) is 5.78 Å². The van der Waals surface area contributed by atoms with Crippen LogP contribution < -0.4 is 0 Å². The molecule has 2 heteroatoms. The van der Waals surface area contributed by atoms with Gasteiger partial charge in [0.05, 0.1) is 0 Å². The molecular weight excluding hydrogens is 248 g/mol. The Bertz CT molecular complexity index is 490. The molecule has 2 fully saturated rings. The first-order valence-electron chi connectivity index (χ1n) is 8.27. The molecule has 2 nitrogen and oxygen atoms in total. The molecule has 1 N–H and O–H groups in total. The first-order chi connectivity index (χ1) is 9.73. The van der Waals surface area contributed by atoms with Gasteiger partial charge in [0.1, 0.15) is 0 Å². The van der Waals surface area contributed by atoms with Crippen LogP contribution in [0.25, 0.3) is 0 Å². The Morgan fingerprint density at radius 3 is 3.00 bits per heavy atom. The van der Waals surface area contributed by atoms with Crippen LogP contribution >= 0.6 is 0 Å². The Balaban J connectivity index is 1.69. The van der Waals surface area contributed by atoms with E-state index in [1.807, 2.05) is 6.08 Å². The van der Waals surface area contributed by atoms with Gasteiger partial charge in [0.25, 0.3) is 0 Å². The first kappa shape index (κ1) is 12.8. The van der Waals surface area contributed by atoms with Gasteiger partial charge >= 0.3 is 0 Å². The van der Waals surface area contributed by atoms with Crippen molar-refractivity contribution in [1.29, 1.82) is 0 Å². The molecule has 0 saturated heterocycles. The molecule has 0 heterocycles. The van der Waals surface area contributed by atoms with E-state index in [1.54, 1.807) is 0 Å². The van der Waals surface area contributed by atoms with Crippen LogP contribution in [0.1, 0.15) is 44.9 Å². The molecular formula is C18H24O2. The molecule has 4 aliphatic rings. The number of ketones is 1. The zero-order valence-corrected chi connectivity index (χ0v) is 12.1. The van der Waals surface area contributed by atoms with Crippen LogP contribution in [0.3, 0.4) is 0 Å². The van der Waals surface area contributed by atoms with Gasteiger partial charge in [-0.3, -0.25) is 4.79 Å². The van der Waals surface area contributed by atoms with E-state index in [0.717, 1.165) is 18.8 Å². The maximum absolute atomic E-state index is 11.6. The largest absolute Gasteiger partial charge is 0.396 e. The fourth-order valence-corrected chi connectivity index (χ4v) is 5.73. The normalized spacial score (nSPS) is 46.5. The number of hydrogen-bond donors (Lipinski definition) is 1. The first-order valence-corrected chi connectivity index (χ1v) is 8.27. The van der Waals surface area contributed by atoms with E-state index in [-0.39, 0.29) is 5.41 Å². The van der Waals surface area contributed by atoms with E-state index < -0.39 is 0 Å². The zero-order chi connectivity index (χ0) is 13.7. The van der Waals surface area contributed by atoms with Crippen molar-refractivity contribution in [2.45, 2.75) is 44.9 Å². The summed E-state index contributed by atoms with van der Waals surface area (Å²) in [5, 5.41) is 9.93. The fraction of sp³-hybridized carbons (Fsp3) is 0.722. The lowest BCUT2D eigenvalue weighted by molar-refractivity contribution is -0.115. The molecule has 0 aromatic carbocycles. The summed E-state index contributed by atoms with van der Waals surface area (Å²) in [6.45, 7) is 0.376. The average molecular weight is 272 g/mol. The molecule has 0 amide bonds. The van der Waals surface area contributed by atoms with Gasteiger partial charge in [-0.15, -0.1) is 0 Å². The number of carbonyl (C=O) groups excluding carboxylic acids is 1. The van der Waals surface area contributed by atoms with Gasteiger partial charge in [-0.05, 0) is 72.8 Å². The van der Waals surface area contributed by atoms with Gasteiger partial charge in [0, 0.05) is 13.0 Å². The van der Waals surface area contributed by atoms with Crippen LogP contribution in [0.4, 0.5) is 0 Å². The summed E-state index contributed by atoms with van der Waals surface area (Å²) in [6, 6.07) is 0. The van der Waals surface area contributed by atoms with E-state index in [9.17, 15) is 9.90 Å². The van der Waals surface area contributed by atoms with Crippen molar-refractivity contribution in [2.24, 2.45) is 29.1 Å². The lowest BCUT2D eigenvalue weighted by Crippen LogP contribution is -2.45. The van der Waals surface area contributed by atoms with Crippen LogP contribution in [0.5, 0.6) is 0 Å². The maximum atomic E-state index is 11.6. The predicted molar refractivity (Wildman–Crippen MR) is 78.0 cm³/mol. The minimum atomic E-state index is 0.219. The van der Waals surface area contributed by atoms with Gasteiger partial charge in [-0.1, -0.05) is 18.6 Å². The van der Waals surface area contributed by atoms with Crippen molar-refractivity contribution < 1.29 is 9.90 Å². The van der Waals surface area contributed by atoms with Crippen molar-refractivity contribution in [3.63, 3.8) is 0 Å². The van der Waals surface area contributed by atoms with Gasteiger partial charge in [-0.25, -0.2) is 0 Å². The molecule has 5 atom stereocenters. The van der Waals surface area contributed by atoms with E-state index >= 15 is 0 Å². The summed E-state index contributed by atoms with van der Waals surface area (Å²) < 4.78 is 0. The van der Waals surface area contributed by atoms with Crippen molar-refractivity contribution in [1.82, 2.24) is 0 Å². The molecule has 2 saturated carbocycles. The number of allylic oxidation sites excluding steroid dienone is 4. The minimum absolute atomic E-state index is 0.219. The number of carbonyl (C=O) groups is 1. The van der Waals surface area contributed by atoms with Crippen LogP contribution in [0.2, 0.25) is 0 Å². The van der Waals surface area contributed by atoms with Gasteiger partial charge < -0.3 is 5.11 Å². The van der Waals surface area contributed by atoms with Crippen LogP contribution in [0, 0.1) is 29.1 Å². The molecule has 20 heavy (non-hydrogen) atoms. The van der Waals surface area contributed by atoms with Crippen molar-refractivity contribution in [2.75, 3.05) is 6.61 Å². The summed E-state index contributed by atoms with van der Waals surface area (Å²) >= 11 is 0. The molecule has 108 valence electrons. The summed E-state index contributed by atoms with van der Waals surface area (Å²) in [5.74, 6) is 2.97. The zero-order valence-electron chi connectivity index (χ0n) is 12.1. The molecule has 0 aromatic heterocycles. The number of hydrogen-bond acceptors (Lipinski definition) is 2. The van der Waals surface area contributed by atoms with Crippen molar-refractivity contribution in [3.05, 3.63) is 23.8 Å².